The molecule has 0 amide bonds. The molecule has 0 aliphatic carbocycles. The maximum absolute atomic E-state index is 4.96. The Balaban J connectivity index is 1.99. The van der Waals surface area contributed by atoms with Crippen molar-refractivity contribution in [1.82, 2.24) is 10.3 Å². The number of nitrogens with zero attached hydrogens (tertiary/aromatic N) is 1. The largest absolute Gasteiger partial charge is 0.385 e. The fourth-order valence-electron chi connectivity index (χ4n) is 1.25. The predicted octanol–water partition coefficient (Wildman–Crippen LogP) is 1.25. The number of aromatic nitrogens is 1. The molecule has 0 spiro atoms. The highest BCUT2D eigenvalue weighted by Gasteiger charge is 1.91. The number of rotatable bonds is 7. The van der Waals surface area contributed by atoms with Crippen LogP contribution in [0.1, 0.15) is 12.0 Å². The van der Waals surface area contributed by atoms with E-state index in [2.05, 4.69) is 22.4 Å². The summed E-state index contributed by atoms with van der Waals surface area (Å²) >= 11 is 0. The summed E-state index contributed by atoms with van der Waals surface area (Å²) < 4.78 is 4.96. The van der Waals surface area contributed by atoms with Gasteiger partial charge in [0.05, 0.1) is 0 Å². The van der Waals surface area contributed by atoms with Gasteiger partial charge in [-0.05, 0) is 43.6 Å². The van der Waals surface area contributed by atoms with Crippen LogP contribution in [0.5, 0.6) is 0 Å². The lowest BCUT2D eigenvalue weighted by Gasteiger charge is -2.03. The molecule has 0 aliphatic heterocycles. The molecule has 78 valence electrons. The highest BCUT2D eigenvalue weighted by Crippen LogP contribution is 1.95. The van der Waals surface area contributed by atoms with E-state index in [1.165, 1.54) is 5.56 Å². The fourth-order valence-corrected chi connectivity index (χ4v) is 1.25. The predicted molar refractivity (Wildman–Crippen MR) is 57.3 cm³/mol. The quantitative estimate of drug-likeness (QED) is 0.663. The molecule has 0 saturated carbocycles. The minimum Gasteiger partial charge on any atom is -0.385 e. The van der Waals surface area contributed by atoms with E-state index in [1.807, 2.05) is 12.4 Å². The summed E-state index contributed by atoms with van der Waals surface area (Å²) in [6, 6.07) is 4.10. The molecule has 0 atom stereocenters. The lowest BCUT2D eigenvalue weighted by Crippen LogP contribution is -2.19. The maximum atomic E-state index is 4.96. The SMILES string of the molecule is COCCCNCCc1ccncc1. The van der Waals surface area contributed by atoms with Gasteiger partial charge in [-0.2, -0.15) is 0 Å². The van der Waals surface area contributed by atoms with Gasteiger partial charge in [0, 0.05) is 26.1 Å². The highest BCUT2D eigenvalue weighted by atomic mass is 16.5. The van der Waals surface area contributed by atoms with Gasteiger partial charge in [-0.1, -0.05) is 0 Å². The van der Waals surface area contributed by atoms with Crippen LogP contribution in [0.2, 0.25) is 0 Å². The topological polar surface area (TPSA) is 34.1 Å². The molecule has 1 heterocycles. The number of methoxy groups -OCH3 is 1. The standard InChI is InChI=1S/C11H18N2O/c1-14-10-2-6-12-7-3-11-4-8-13-9-5-11/h4-5,8-9,12H,2-3,6-7,10H2,1H3. The summed E-state index contributed by atoms with van der Waals surface area (Å²) in [5.74, 6) is 0. The molecule has 3 heteroatoms. The third kappa shape index (κ3) is 4.94. The molecule has 0 bridgehead atoms. The van der Waals surface area contributed by atoms with Gasteiger partial charge in [0.1, 0.15) is 0 Å². The molecule has 1 N–H and O–H groups in total. The van der Waals surface area contributed by atoms with Crippen molar-refractivity contribution in [2.75, 3.05) is 26.8 Å². The Hall–Kier alpha value is -0.930. The van der Waals surface area contributed by atoms with Crippen molar-refractivity contribution < 1.29 is 4.74 Å². The van der Waals surface area contributed by atoms with Crippen molar-refractivity contribution in [3.8, 4) is 0 Å². The van der Waals surface area contributed by atoms with Crippen LogP contribution in [0.4, 0.5) is 0 Å². The second-order valence-corrected chi connectivity index (χ2v) is 3.20. The van der Waals surface area contributed by atoms with E-state index in [9.17, 15) is 0 Å². The second-order valence-electron chi connectivity index (χ2n) is 3.20. The van der Waals surface area contributed by atoms with Crippen molar-refractivity contribution in [2.45, 2.75) is 12.8 Å². The number of nitrogens with one attached hydrogen (secondary N) is 1. The maximum Gasteiger partial charge on any atom is 0.0474 e. The van der Waals surface area contributed by atoms with Gasteiger partial charge in [0.15, 0.2) is 0 Å². The van der Waals surface area contributed by atoms with Gasteiger partial charge in [0.2, 0.25) is 0 Å². The van der Waals surface area contributed by atoms with E-state index >= 15 is 0 Å². The Morgan fingerprint density at radius 2 is 2.07 bits per heavy atom. The van der Waals surface area contributed by atoms with Crippen LogP contribution in [0, 0.1) is 0 Å². The first-order valence-corrected chi connectivity index (χ1v) is 5.02. The van der Waals surface area contributed by atoms with Crippen molar-refractivity contribution in [3.63, 3.8) is 0 Å². The van der Waals surface area contributed by atoms with E-state index in [0.717, 1.165) is 32.5 Å². The molecule has 1 rings (SSSR count). The van der Waals surface area contributed by atoms with Gasteiger partial charge in [-0.3, -0.25) is 4.98 Å². The molecule has 14 heavy (non-hydrogen) atoms. The van der Waals surface area contributed by atoms with Crippen molar-refractivity contribution in [3.05, 3.63) is 30.1 Å². The molecule has 0 unspecified atom stereocenters. The van der Waals surface area contributed by atoms with Crippen molar-refractivity contribution >= 4 is 0 Å². The molecule has 3 nitrogen and oxygen atoms in total. The summed E-state index contributed by atoms with van der Waals surface area (Å²) in [6.45, 7) is 2.88. The van der Waals surface area contributed by atoms with Gasteiger partial charge in [-0.15, -0.1) is 0 Å². The van der Waals surface area contributed by atoms with Gasteiger partial charge < -0.3 is 10.1 Å². The van der Waals surface area contributed by atoms with Crippen LogP contribution in [0.3, 0.4) is 0 Å². The Labute approximate surface area is 85.5 Å². The summed E-state index contributed by atoms with van der Waals surface area (Å²) in [6.07, 6.45) is 5.81. The Morgan fingerprint density at radius 3 is 2.79 bits per heavy atom. The Morgan fingerprint density at radius 1 is 1.29 bits per heavy atom. The molecule has 0 aliphatic rings. The molecule has 1 aromatic rings. The molecular formula is C11H18N2O. The lowest BCUT2D eigenvalue weighted by molar-refractivity contribution is 0.194. The zero-order valence-corrected chi connectivity index (χ0v) is 8.70. The molecule has 0 radical (unpaired) electrons. The average molecular weight is 194 g/mol. The number of hydrogen-bond acceptors (Lipinski definition) is 3. The number of ether oxygens (including phenoxy) is 1. The zero-order chi connectivity index (χ0) is 10.1. The van der Waals surface area contributed by atoms with Crippen LogP contribution in [-0.2, 0) is 11.2 Å². The Bertz CT molecular complexity index is 226. The summed E-state index contributed by atoms with van der Waals surface area (Å²) in [5.41, 5.74) is 1.33. The van der Waals surface area contributed by atoms with E-state index in [1.54, 1.807) is 7.11 Å². The van der Waals surface area contributed by atoms with E-state index in [4.69, 9.17) is 4.74 Å². The molecule has 0 aromatic carbocycles. The monoisotopic (exact) mass is 194 g/mol. The molecule has 1 aromatic heterocycles. The third-order valence-corrected chi connectivity index (χ3v) is 2.04. The number of hydrogen-bond donors (Lipinski definition) is 1. The normalized spacial score (nSPS) is 10.4. The number of pyridine rings is 1. The summed E-state index contributed by atoms with van der Waals surface area (Å²) in [7, 11) is 1.73. The van der Waals surface area contributed by atoms with Gasteiger partial charge in [0.25, 0.3) is 0 Å². The van der Waals surface area contributed by atoms with Crippen LogP contribution in [0.25, 0.3) is 0 Å². The molecular weight excluding hydrogens is 176 g/mol. The first-order valence-electron chi connectivity index (χ1n) is 5.02. The second kappa shape index (κ2) is 7.47. The average Bonchev–Trinajstić information content (AvgIpc) is 2.25. The van der Waals surface area contributed by atoms with Crippen LogP contribution >= 0.6 is 0 Å². The zero-order valence-electron chi connectivity index (χ0n) is 8.70. The first-order chi connectivity index (χ1) is 6.93. The molecule has 0 fully saturated rings. The van der Waals surface area contributed by atoms with E-state index in [-0.39, 0.29) is 0 Å². The smallest absolute Gasteiger partial charge is 0.0474 e. The minimum atomic E-state index is 0.836. The van der Waals surface area contributed by atoms with E-state index in [0.29, 0.717) is 0 Å². The van der Waals surface area contributed by atoms with Gasteiger partial charge >= 0.3 is 0 Å². The van der Waals surface area contributed by atoms with Crippen molar-refractivity contribution in [2.24, 2.45) is 0 Å². The van der Waals surface area contributed by atoms with Crippen LogP contribution in [0.15, 0.2) is 24.5 Å². The van der Waals surface area contributed by atoms with E-state index < -0.39 is 0 Å². The van der Waals surface area contributed by atoms with Crippen LogP contribution < -0.4 is 5.32 Å². The van der Waals surface area contributed by atoms with Gasteiger partial charge in [-0.25, -0.2) is 0 Å². The molecule has 0 saturated heterocycles. The summed E-state index contributed by atoms with van der Waals surface area (Å²) in [4.78, 5) is 3.98. The highest BCUT2D eigenvalue weighted by molar-refractivity contribution is 5.09. The van der Waals surface area contributed by atoms with Crippen LogP contribution in [-0.4, -0.2) is 31.8 Å². The Kier molecular flexibility index (Phi) is 5.95. The van der Waals surface area contributed by atoms with Crippen molar-refractivity contribution in [1.29, 1.82) is 0 Å². The fraction of sp³-hybridized carbons (Fsp3) is 0.545. The lowest BCUT2D eigenvalue weighted by atomic mass is 10.2. The minimum absolute atomic E-state index is 0.836. The first kappa shape index (κ1) is 11.1. The summed E-state index contributed by atoms with van der Waals surface area (Å²) in [5, 5.41) is 3.37. The third-order valence-electron chi connectivity index (χ3n) is 2.04.